The zero-order valence-corrected chi connectivity index (χ0v) is 15.5. The fraction of sp³-hybridized carbons (Fsp3) is 0.316. The number of aryl methyl sites for hydroxylation is 1. The molecule has 0 fully saturated rings. The largest absolute Gasteiger partial charge is 0.507 e. The fourth-order valence-corrected chi connectivity index (χ4v) is 2.97. The summed E-state index contributed by atoms with van der Waals surface area (Å²) >= 11 is 0. The average Bonchev–Trinajstić information content (AvgIpc) is 2.63. The number of ether oxygens (including phenoxy) is 1. The van der Waals surface area contributed by atoms with Gasteiger partial charge in [-0.15, -0.1) is 0 Å². The smallest absolute Gasteiger partial charge is 0.416 e. The van der Waals surface area contributed by atoms with Crippen LogP contribution in [0, 0.1) is 6.92 Å². The maximum atomic E-state index is 12.9. The van der Waals surface area contributed by atoms with Gasteiger partial charge in [0, 0.05) is 11.6 Å². The van der Waals surface area contributed by atoms with Crippen LogP contribution in [0.5, 0.6) is 5.75 Å². The molecule has 7 nitrogen and oxygen atoms in total. The summed E-state index contributed by atoms with van der Waals surface area (Å²) in [7, 11) is 1.10. The van der Waals surface area contributed by atoms with Crippen LogP contribution in [-0.4, -0.2) is 33.8 Å². The van der Waals surface area contributed by atoms with Gasteiger partial charge in [0.05, 0.1) is 24.7 Å². The quantitative estimate of drug-likeness (QED) is 0.706. The van der Waals surface area contributed by atoms with Crippen LogP contribution in [0.25, 0.3) is 0 Å². The van der Waals surface area contributed by atoms with E-state index < -0.39 is 53.9 Å². The highest BCUT2D eigenvalue weighted by atomic mass is 19.4. The lowest BCUT2D eigenvalue weighted by Crippen LogP contribution is -2.31. The normalized spacial score (nSPS) is 12.4. The molecule has 2 rings (SSSR count). The van der Waals surface area contributed by atoms with Gasteiger partial charge < -0.3 is 19.5 Å². The van der Waals surface area contributed by atoms with Crippen molar-refractivity contribution in [3.05, 3.63) is 63.1 Å². The molecule has 1 atom stereocenters. The van der Waals surface area contributed by atoms with Gasteiger partial charge in [-0.25, -0.2) is 0 Å². The van der Waals surface area contributed by atoms with Crippen LogP contribution in [0.4, 0.5) is 13.2 Å². The number of carbonyl (C=O) groups is 2. The number of benzene rings is 1. The van der Waals surface area contributed by atoms with Gasteiger partial charge in [0.15, 0.2) is 0 Å². The summed E-state index contributed by atoms with van der Waals surface area (Å²) in [6, 6.07) is 4.93. The van der Waals surface area contributed by atoms with Gasteiger partial charge >= 0.3 is 18.1 Å². The molecule has 1 heterocycles. The Balaban J connectivity index is 2.66. The maximum Gasteiger partial charge on any atom is 0.416 e. The van der Waals surface area contributed by atoms with Gasteiger partial charge in [0.2, 0.25) is 0 Å². The Morgan fingerprint density at radius 3 is 2.28 bits per heavy atom. The van der Waals surface area contributed by atoms with Gasteiger partial charge in [0.1, 0.15) is 12.3 Å². The van der Waals surface area contributed by atoms with E-state index in [1.165, 1.54) is 6.92 Å². The maximum absolute atomic E-state index is 12.9. The minimum absolute atomic E-state index is 0.154. The summed E-state index contributed by atoms with van der Waals surface area (Å²) in [5.41, 5.74) is -1.76. The van der Waals surface area contributed by atoms with Crippen molar-refractivity contribution < 1.29 is 37.7 Å². The van der Waals surface area contributed by atoms with Gasteiger partial charge in [0.25, 0.3) is 5.56 Å². The SMILES string of the molecule is COC(=O)C[C@H](c1ccc(C(F)(F)F)cc1)c1c(O)cc(C)n(CC(=O)O)c1=O. The topological polar surface area (TPSA) is 106 Å². The Labute approximate surface area is 163 Å². The minimum atomic E-state index is -4.57. The summed E-state index contributed by atoms with van der Waals surface area (Å²) in [5, 5.41) is 19.4. The number of esters is 1. The molecule has 0 aliphatic heterocycles. The van der Waals surface area contributed by atoms with Crippen LogP contribution in [0.15, 0.2) is 35.1 Å². The first-order chi connectivity index (χ1) is 13.5. The van der Waals surface area contributed by atoms with E-state index in [9.17, 15) is 32.7 Å². The number of aromatic hydroxyl groups is 1. The lowest BCUT2D eigenvalue weighted by molar-refractivity contribution is -0.141. The number of carboxylic acids is 1. The molecule has 0 aliphatic rings. The van der Waals surface area contributed by atoms with Crippen molar-refractivity contribution in [2.75, 3.05) is 7.11 Å². The predicted octanol–water partition coefficient (Wildman–Crippen LogP) is 2.66. The van der Waals surface area contributed by atoms with Crippen molar-refractivity contribution in [2.24, 2.45) is 0 Å². The molecule has 1 aromatic carbocycles. The number of carboxylic acid groups (broad SMARTS) is 1. The van der Waals surface area contributed by atoms with Crippen LogP contribution in [0.2, 0.25) is 0 Å². The Hall–Kier alpha value is -3.30. The van der Waals surface area contributed by atoms with Gasteiger partial charge in [-0.3, -0.25) is 14.4 Å². The molecule has 0 saturated heterocycles. The first-order valence-electron chi connectivity index (χ1n) is 8.34. The number of alkyl halides is 3. The molecule has 0 amide bonds. The number of aromatic nitrogens is 1. The molecule has 10 heteroatoms. The summed E-state index contributed by atoms with van der Waals surface area (Å²) in [6.45, 7) is 0.733. The number of nitrogens with zero attached hydrogens (tertiary/aromatic N) is 1. The van der Waals surface area contributed by atoms with Gasteiger partial charge in [-0.1, -0.05) is 12.1 Å². The summed E-state index contributed by atoms with van der Waals surface area (Å²) < 4.78 is 44.0. The molecular weight excluding hydrogens is 395 g/mol. The molecular formula is C19H18F3NO6. The fourth-order valence-electron chi connectivity index (χ4n) is 2.97. The Morgan fingerprint density at radius 2 is 1.79 bits per heavy atom. The van der Waals surface area contributed by atoms with Crippen LogP contribution >= 0.6 is 0 Å². The number of halogens is 3. The second kappa shape index (κ2) is 8.38. The summed E-state index contributed by atoms with van der Waals surface area (Å²) in [6.07, 6.45) is -5.02. The monoisotopic (exact) mass is 413 g/mol. The molecule has 156 valence electrons. The minimum Gasteiger partial charge on any atom is -0.507 e. The van der Waals surface area contributed by atoms with E-state index >= 15 is 0 Å². The second-order valence-electron chi connectivity index (χ2n) is 6.32. The van der Waals surface area contributed by atoms with Crippen LogP contribution < -0.4 is 5.56 Å². The summed E-state index contributed by atoms with van der Waals surface area (Å²) in [5.74, 6) is -3.70. The molecule has 0 radical (unpaired) electrons. The molecule has 2 aromatic rings. The van der Waals surface area contributed by atoms with E-state index in [0.29, 0.717) is 0 Å². The number of methoxy groups -OCH3 is 1. The average molecular weight is 413 g/mol. The molecule has 0 saturated carbocycles. The third-order valence-electron chi connectivity index (χ3n) is 4.40. The number of aliphatic carboxylic acids is 1. The van der Waals surface area contributed by atoms with E-state index in [2.05, 4.69) is 4.74 Å². The van der Waals surface area contributed by atoms with E-state index in [1.54, 1.807) is 0 Å². The standard InChI is InChI=1S/C19H18F3NO6/c1-10-7-14(24)17(18(28)23(10)9-15(25)26)13(8-16(27)29-2)11-3-5-12(6-4-11)19(20,21)22/h3-7,13,24H,8-9H2,1-2H3,(H,25,26)/t13-/m1/s1. The van der Waals surface area contributed by atoms with Crippen molar-refractivity contribution >= 4 is 11.9 Å². The molecule has 1 aromatic heterocycles. The zero-order chi connectivity index (χ0) is 21.9. The molecule has 29 heavy (non-hydrogen) atoms. The molecule has 0 spiro atoms. The van der Waals surface area contributed by atoms with E-state index in [1.807, 2.05) is 0 Å². The Bertz CT molecular complexity index is 979. The Morgan fingerprint density at radius 1 is 1.21 bits per heavy atom. The van der Waals surface area contributed by atoms with Gasteiger partial charge in [-0.05, 0) is 30.7 Å². The van der Waals surface area contributed by atoms with Crippen molar-refractivity contribution in [3.8, 4) is 5.75 Å². The molecule has 2 N–H and O–H groups in total. The molecule has 0 bridgehead atoms. The Kier molecular flexibility index (Phi) is 6.35. The highest BCUT2D eigenvalue weighted by Gasteiger charge is 2.31. The summed E-state index contributed by atoms with van der Waals surface area (Å²) in [4.78, 5) is 35.8. The zero-order valence-electron chi connectivity index (χ0n) is 15.5. The van der Waals surface area contributed by atoms with E-state index in [4.69, 9.17) is 5.11 Å². The first-order valence-corrected chi connectivity index (χ1v) is 8.34. The number of carbonyl (C=O) groups excluding carboxylic acids is 1. The lowest BCUT2D eigenvalue weighted by atomic mass is 9.88. The van der Waals surface area contributed by atoms with Crippen molar-refractivity contribution in [3.63, 3.8) is 0 Å². The van der Waals surface area contributed by atoms with Crippen molar-refractivity contribution in [2.45, 2.75) is 32.0 Å². The van der Waals surface area contributed by atoms with Crippen molar-refractivity contribution in [1.82, 2.24) is 4.57 Å². The van der Waals surface area contributed by atoms with E-state index in [0.717, 1.165) is 42.0 Å². The lowest BCUT2D eigenvalue weighted by Gasteiger charge is -2.20. The van der Waals surface area contributed by atoms with Crippen LogP contribution in [0.3, 0.4) is 0 Å². The number of pyridine rings is 1. The second-order valence-corrected chi connectivity index (χ2v) is 6.32. The van der Waals surface area contributed by atoms with E-state index in [-0.39, 0.29) is 16.8 Å². The highest BCUT2D eigenvalue weighted by Crippen LogP contribution is 2.35. The number of hydrogen-bond acceptors (Lipinski definition) is 5. The first kappa shape index (κ1) is 22.0. The predicted molar refractivity (Wildman–Crippen MR) is 94.7 cm³/mol. The third-order valence-corrected chi connectivity index (χ3v) is 4.40. The molecule has 0 unspecified atom stereocenters. The third kappa shape index (κ3) is 4.95. The van der Waals surface area contributed by atoms with Gasteiger partial charge in [-0.2, -0.15) is 13.2 Å². The number of rotatable bonds is 6. The van der Waals surface area contributed by atoms with Crippen LogP contribution in [0.1, 0.15) is 34.7 Å². The molecule has 0 aliphatic carbocycles. The van der Waals surface area contributed by atoms with Crippen molar-refractivity contribution in [1.29, 1.82) is 0 Å². The number of hydrogen-bond donors (Lipinski definition) is 2. The highest BCUT2D eigenvalue weighted by molar-refractivity contribution is 5.71. The van der Waals surface area contributed by atoms with Crippen LogP contribution in [-0.2, 0) is 27.0 Å².